The van der Waals surface area contributed by atoms with E-state index in [4.69, 9.17) is 0 Å². The number of thioether (sulfide) groups is 1. The summed E-state index contributed by atoms with van der Waals surface area (Å²) in [4.78, 5) is 17.6. The molecule has 1 amide bonds. The Morgan fingerprint density at radius 1 is 1.00 bits per heavy atom. The number of aliphatic imine (C=N–C) groups is 1. The first-order chi connectivity index (χ1) is 13.5. The number of aryl methyl sites for hydroxylation is 3. The molecular formula is C23H21N3OS. The number of nitrogens with zero attached hydrogens (tertiary/aromatic N) is 2. The fourth-order valence-corrected chi connectivity index (χ4v) is 4.15. The Bertz CT molecular complexity index is 1090. The predicted molar refractivity (Wildman–Crippen MR) is 117 cm³/mol. The van der Waals surface area contributed by atoms with Crippen LogP contribution in [0.3, 0.4) is 0 Å². The third kappa shape index (κ3) is 3.94. The van der Waals surface area contributed by atoms with Gasteiger partial charge in [-0.25, -0.2) is 4.99 Å². The minimum Gasteiger partial charge on any atom is -0.321 e. The van der Waals surface area contributed by atoms with E-state index in [1.54, 1.807) is 0 Å². The van der Waals surface area contributed by atoms with E-state index in [2.05, 4.69) is 46.1 Å². The lowest BCUT2D eigenvalue weighted by atomic mass is 10.1. The molecule has 0 bridgehead atoms. The standard InChI is InChI=1S/C23H21N3OS/c1-15-9-16(2)11-19(10-15)24-23-25-22(27)21(28-23)13-18-12-17(3)26(14-18)20-7-5-4-6-8-20/h4-14H,1-3H3,(H,24,25,27)/b21-13+. The maximum atomic E-state index is 12.4. The first kappa shape index (κ1) is 18.3. The molecule has 0 radical (unpaired) electrons. The van der Waals surface area contributed by atoms with Crippen LogP contribution in [0.15, 0.2) is 70.7 Å². The van der Waals surface area contributed by atoms with Crippen molar-refractivity contribution in [3.63, 3.8) is 0 Å². The Morgan fingerprint density at radius 3 is 2.43 bits per heavy atom. The topological polar surface area (TPSA) is 46.4 Å². The summed E-state index contributed by atoms with van der Waals surface area (Å²) in [6.07, 6.45) is 3.96. The van der Waals surface area contributed by atoms with Gasteiger partial charge in [-0.1, -0.05) is 24.3 Å². The number of benzene rings is 2. The van der Waals surface area contributed by atoms with E-state index >= 15 is 0 Å². The summed E-state index contributed by atoms with van der Waals surface area (Å²) < 4.78 is 2.12. The van der Waals surface area contributed by atoms with Crippen LogP contribution in [0.2, 0.25) is 0 Å². The van der Waals surface area contributed by atoms with Gasteiger partial charge in [0.2, 0.25) is 0 Å². The molecule has 1 fully saturated rings. The summed E-state index contributed by atoms with van der Waals surface area (Å²) >= 11 is 1.37. The molecule has 3 aromatic rings. The van der Waals surface area contributed by atoms with E-state index in [1.165, 1.54) is 11.8 Å². The molecule has 4 nitrogen and oxygen atoms in total. The van der Waals surface area contributed by atoms with Crippen molar-refractivity contribution in [2.75, 3.05) is 0 Å². The number of aromatic nitrogens is 1. The van der Waals surface area contributed by atoms with Crippen LogP contribution >= 0.6 is 11.8 Å². The van der Waals surface area contributed by atoms with Crippen molar-refractivity contribution in [2.24, 2.45) is 4.99 Å². The normalized spacial score (nSPS) is 16.8. The molecule has 1 aliphatic rings. The van der Waals surface area contributed by atoms with Crippen LogP contribution < -0.4 is 5.32 Å². The van der Waals surface area contributed by atoms with Gasteiger partial charge in [-0.2, -0.15) is 0 Å². The zero-order valence-electron chi connectivity index (χ0n) is 16.1. The fourth-order valence-electron chi connectivity index (χ4n) is 3.31. The van der Waals surface area contributed by atoms with Gasteiger partial charge in [0.1, 0.15) is 0 Å². The van der Waals surface area contributed by atoms with Gasteiger partial charge in [0, 0.05) is 17.6 Å². The number of carbonyl (C=O) groups is 1. The summed E-state index contributed by atoms with van der Waals surface area (Å²) in [7, 11) is 0. The molecule has 0 spiro atoms. The molecule has 0 saturated carbocycles. The van der Waals surface area contributed by atoms with Crippen LogP contribution in [0.4, 0.5) is 5.69 Å². The maximum Gasteiger partial charge on any atom is 0.264 e. The van der Waals surface area contributed by atoms with Crippen LogP contribution in [-0.4, -0.2) is 15.6 Å². The Balaban J connectivity index is 1.59. The number of nitrogens with one attached hydrogen (secondary N) is 1. The zero-order chi connectivity index (χ0) is 19.7. The first-order valence-corrected chi connectivity index (χ1v) is 9.92. The molecular weight excluding hydrogens is 366 g/mol. The van der Waals surface area contributed by atoms with E-state index in [-0.39, 0.29) is 5.91 Å². The highest BCUT2D eigenvalue weighted by atomic mass is 32.2. The molecule has 0 atom stereocenters. The summed E-state index contributed by atoms with van der Waals surface area (Å²) in [6.45, 7) is 6.15. The van der Waals surface area contributed by atoms with Crippen LogP contribution in [-0.2, 0) is 4.79 Å². The second-order valence-corrected chi connectivity index (χ2v) is 7.98. The minimum absolute atomic E-state index is 0.113. The average molecular weight is 388 g/mol. The van der Waals surface area contributed by atoms with E-state index < -0.39 is 0 Å². The van der Waals surface area contributed by atoms with Gasteiger partial charge in [-0.3, -0.25) is 4.79 Å². The van der Waals surface area contributed by atoms with Crippen molar-refractivity contribution in [3.8, 4) is 5.69 Å². The van der Waals surface area contributed by atoms with Crippen molar-refractivity contribution >= 4 is 34.6 Å². The highest BCUT2D eigenvalue weighted by Gasteiger charge is 2.24. The van der Waals surface area contributed by atoms with Crippen molar-refractivity contribution in [1.29, 1.82) is 0 Å². The molecule has 140 valence electrons. The van der Waals surface area contributed by atoms with E-state index in [0.29, 0.717) is 10.1 Å². The van der Waals surface area contributed by atoms with E-state index in [0.717, 1.165) is 33.8 Å². The number of amides is 1. The monoisotopic (exact) mass is 387 g/mol. The largest absolute Gasteiger partial charge is 0.321 e. The highest BCUT2D eigenvalue weighted by Crippen LogP contribution is 2.29. The summed E-state index contributed by atoms with van der Waals surface area (Å²) in [5, 5.41) is 3.48. The van der Waals surface area contributed by atoms with Crippen LogP contribution in [0.5, 0.6) is 0 Å². The zero-order valence-corrected chi connectivity index (χ0v) is 16.9. The van der Waals surface area contributed by atoms with Gasteiger partial charge in [0.05, 0.1) is 10.6 Å². The summed E-state index contributed by atoms with van der Waals surface area (Å²) in [5.41, 5.74) is 6.37. The van der Waals surface area contributed by atoms with Gasteiger partial charge in [0.25, 0.3) is 5.91 Å². The fraction of sp³-hybridized carbons (Fsp3) is 0.130. The SMILES string of the molecule is Cc1cc(C)cc(N=C2NC(=O)/C(=C\c3cc(C)n(-c4ccccc4)c3)S2)c1. The Kier molecular flexibility index (Phi) is 4.92. The smallest absolute Gasteiger partial charge is 0.264 e. The molecule has 1 saturated heterocycles. The number of amidine groups is 1. The number of rotatable bonds is 3. The lowest BCUT2D eigenvalue weighted by molar-refractivity contribution is -0.115. The molecule has 5 heteroatoms. The summed E-state index contributed by atoms with van der Waals surface area (Å²) in [5.74, 6) is -0.113. The van der Waals surface area contributed by atoms with E-state index in [9.17, 15) is 4.79 Å². The third-order valence-electron chi connectivity index (χ3n) is 4.45. The van der Waals surface area contributed by atoms with Crippen molar-refractivity contribution in [2.45, 2.75) is 20.8 Å². The average Bonchev–Trinajstić information content (AvgIpc) is 3.17. The Labute approximate surface area is 169 Å². The van der Waals surface area contributed by atoms with Gasteiger partial charge >= 0.3 is 0 Å². The maximum absolute atomic E-state index is 12.4. The molecule has 4 rings (SSSR count). The minimum atomic E-state index is -0.113. The number of hydrogen-bond acceptors (Lipinski definition) is 3. The molecule has 1 aliphatic heterocycles. The predicted octanol–water partition coefficient (Wildman–Crippen LogP) is 5.29. The van der Waals surface area contributed by atoms with Gasteiger partial charge in [-0.05, 0) is 85.6 Å². The van der Waals surface area contributed by atoms with Crippen molar-refractivity contribution in [3.05, 3.63) is 88.1 Å². The number of carbonyl (C=O) groups excluding carboxylic acids is 1. The van der Waals surface area contributed by atoms with Crippen LogP contribution in [0.25, 0.3) is 11.8 Å². The molecule has 2 aromatic carbocycles. The van der Waals surface area contributed by atoms with Crippen molar-refractivity contribution < 1.29 is 4.79 Å². The second-order valence-electron chi connectivity index (χ2n) is 6.95. The first-order valence-electron chi connectivity index (χ1n) is 9.10. The molecule has 1 aromatic heterocycles. The van der Waals surface area contributed by atoms with Gasteiger partial charge < -0.3 is 9.88 Å². The molecule has 2 heterocycles. The molecule has 0 aliphatic carbocycles. The second kappa shape index (κ2) is 7.52. The lowest BCUT2D eigenvalue weighted by Crippen LogP contribution is -2.19. The lowest BCUT2D eigenvalue weighted by Gasteiger charge is -2.04. The van der Waals surface area contributed by atoms with Crippen LogP contribution in [0, 0.1) is 20.8 Å². The van der Waals surface area contributed by atoms with Crippen molar-refractivity contribution in [1.82, 2.24) is 9.88 Å². The van der Waals surface area contributed by atoms with Crippen LogP contribution in [0.1, 0.15) is 22.4 Å². The number of hydrogen-bond donors (Lipinski definition) is 1. The third-order valence-corrected chi connectivity index (χ3v) is 5.36. The molecule has 28 heavy (non-hydrogen) atoms. The Morgan fingerprint density at radius 2 is 1.71 bits per heavy atom. The van der Waals surface area contributed by atoms with E-state index in [1.807, 2.05) is 56.5 Å². The van der Waals surface area contributed by atoms with Gasteiger partial charge in [-0.15, -0.1) is 0 Å². The molecule has 0 unspecified atom stereocenters. The summed E-state index contributed by atoms with van der Waals surface area (Å²) in [6, 6.07) is 18.4. The van der Waals surface area contributed by atoms with Gasteiger partial charge in [0.15, 0.2) is 5.17 Å². The Hall–Kier alpha value is -3.05. The highest BCUT2D eigenvalue weighted by molar-refractivity contribution is 8.18. The quantitative estimate of drug-likeness (QED) is 0.620. The number of para-hydroxylation sites is 1. The molecule has 1 N–H and O–H groups in total.